The molecule has 0 aliphatic rings. The average Bonchev–Trinajstić information content (AvgIpc) is 2.71. The first kappa shape index (κ1) is 14.1. The van der Waals surface area contributed by atoms with Crippen molar-refractivity contribution in [1.29, 1.82) is 0 Å². The molecule has 2 aromatic rings. The molecule has 0 saturated heterocycles. The third-order valence-corrected chi connectivity index (χ3v) is 2.89. The molecule has 0 saturated carbocycles. The second-order valence-electron chi connectivity index (χ2n) is 4.02. The number of fused-ring (bicyclic) bond motifs is 1. The minimum absolute atomic E-state index is 0.147. The van der Waals surface area contributed by atoms with E-state index >= 15 is 0 Å². The lowest BCUT2D eigenvalue weighted by Gasteiger charge is -2.04. The van der Waals surface area contributed by atoms with Gasteiger partial charge in [-0.2, -0.15) is 0 Å². The Kier molecular flexibility index (Phi) is 4.09. The summed E-state index contributed by atoms with van der Waals surface area (Å²) in [5.74, 6) is -1.44. The SMILES string of the molecule is CNC(=O)CNC(=O)Cn1c(=O)oc2cc(Cl)ccc21. The number of nitrogens with zero attached hydrogens (tertiary/aromatic N) is 1. The van der Waals surface area contributed by atoms with Crippen LogP contribution < -0.4 is 16.4 Å². The fourth-order valence-electron chi connectivity index (χ4n) is 1.66. The van der Waals surface area contributed by atoms with Crippen LogP contribution >= 0.6 is 11.6 Å². The molecule has 1 aromatic carbocycles. The first-order valence-corrected chi connectivity index (χ1v) is 6.15. The summed E-state index contributed by atoms with van der Waals surface area (Å²) in [5.41, 5.74) is 0.774. The van der Waals surface area contributed by atoms with Crippen LogP contribution in [0, 0.1) is 0 Å². The van der Waals surface area contributed by atoms with Gasteiger partial charge in [0.2, 0.25) is 11.8 Å². The number of hydrogen-bond donors (Lipinski definition) is 2. The largest absolute Gasteiger partial charge is 0.420 e. The Morgan fingerprint density at radius 2 is 2.10 bits per heavy atom. The van der Waals surface area contributed by atoms with E-state index in [1.807, 2.05) is 0 Å². The van der Waals surface area contributed by atoms with Crippen LogP contribution in [-0.4, -0.2) is 30.0 Å². The summed E-state index contributed by atoms with van der Waals surface area (Å²) in [7, 11) is 1.46. The first-order chi connectivity index (χ1) is 9.51. The molecule has 0 aliphatic heterocycles. The van der Waals surface area contributed by atoms with Crippen LogP contribution in [0.5, 0.6) is 0 Å². The summed E-state index contributed by atoms with van der Waals surface area (Å²) in [6, 6.07) is 4.68. The first-order valence-electron chi connectivity index (χ1n) is 5.77. The molecule has 7 nitrogen and oxygen atoms in total. The number of likely N-dealkylation sites (N-methyl/N-ethyl adjacent to an activating group) is 1. The smallest absolute Gasteiger partial charge is 0.408 e. The molecule has 2 amide bonds. The van der Waals surface area contributed by atoms with Crippen LogP contribution in [0.1, 0.15) is 0 Å². The number of halogens is 1. The molecule has 0 aliphatic carbocycles. The lowest BCUT2D eigenvalue weighted by Crippen LogP contribution is -2.37. The molecule has 20 heavy (non-hydrogen) atoms. The van der Waals surface area contributed by atoms with Crippen molar-refractivity contribution >= 4 is 34.5 Å². The predicted octanol–water partition coefficient (Wildman–Crippen LogP) is 0.110. The van der Waals surface area contributed by atoms with Crippen LogP contribution in [0.15, 0.2) is 27.4 Å². The van der Waals surface area contributed by atoms with Gasteiger partial charge in [0.1, 0.15) is 6.54 Å². The Labute approximate surface area is 118 Å². The van der Waals surface area contributed by atoms with Gasteiger partial charge in [0.15, 0.2) is 5.58 Å². The van der Waals surface area contributed by atoms with Gasteiger partial charge >= 0.3 is 5.76 Å². The minimum Gasteiger partial charge on any atom is -0.408 e. The van der Waals surface area contributed by atoms with Gasteiger partial charge in [-0.05, 0) is 12.1 Å². The Hall–Kier alpha value is -2.28. The Morgan fingerprint density at radius 1 is 1.35 bits per heavy atom. The fourth-order valence-corrected chi connectivity index (χ4v) is 1.82. The van der Waals surface area contributed by atoms with Gasteiger partial charge in [-0.25, -0.2) is 4.79 Å². The molecular formula is C12H12ClN3O4. The number of nitrogens with one attached hydrogen (secondary N) is 2. The molecule has 0 fully saturated rings. The lowest BCUT2D eigenvalue weighted by atomic mass is 10.3. The average molecular weight is 298 g/mol. The van der Waals surface area contributed by atoms with Gasteiger partial charge in [-0.3, -0.25) is 14.2 Å². The number of carbonyl (C=O) groups excluding carboxylic acids is 2. The highest BCUT2D eigenvalue weighted by atomic mass is 35.5. The molecule has 2 rings (SSSR count). The molecule has 106 valence electrons. The van der Waals surface area contributed by atoms with Crippen LogP contribution in [-0.2, 0) is 16.1 Å². The van der Waals surface area contributed by atoms with Crippen LogP contribution in [0.3, 0.4) is 0 Å². The standard InChI is InChI=1S/C12H12ClN3O4/c1-14-10(17)5-15-11(18)6-16-8-3-2-7(13)4-9(8)20-12(16)19/h2-4H,5-6H2,1H3,(H,14,17)(H,15,18). The molecule has 0 radical (unpaired) electrons. The Bertz CT molecular complexity index is 719. The Morgan fingerprint density at radius 3 is 2.80 bits per heavy atom. The van der Waals surface area contributed by atoms with Crippen molar-refractivity contribution in [3.63, 3.8) is 0 Å². The molecular weight excluding hydrogens is 286 g/mol. The van der Waals surface area contributed by atoms with Crippen molar-refractivity contribution < 1.29 is 14.0 Å². The third kappa shape index (κ3) is 3.00. The fraction of sp³-hybridized carbons (Fsp3) is 0.250. The van der Waals surface area contributed by atoms with Crippen molar-refractivity contribution in [3.8, 4) is 0 Å². The molecule has 0 atom stereocenters. The van der Waals surface area contributed by atoms with Crippen LogP contribution in [0.25, 0.3) is 11.1 Å². The normalized spacial score (nSPS) is 10.5. The summed E-state index contributed by atoms with van der Waals surface area (Å²) >= 11 is 5.79. The maximum atomic E-state index is 11.7. The number of rotatable bonds is 4. The van der Waals surface area contributed by atoms with Gasteiger partial charge < -0.3 is 15.1 Å². The van der Waals surface area contributed by atoms with Crippen molar-refractivity contribution in [2.75, 3.05) is 13.6 Å². The van der Waals surface area contributed by atoms with E-state index in [0.717, 1.165) is 0 Å². The maximum absolute atomic E-state index is 11.7. The maximum Gasteiger partial charge on any atom is 0.420 e. The van der Waals surface area contributed by atoms with E-state index in [1.54, 1.807) is 12.1 Å². The van der Waals surface area contributed by atoms with E-state index in [-0.39, 0.29) is 19.0 Å². The topological polar surface area (TPSA) is 93.3 Å². The van der Waals surface area contributed by atoms with Crippen molar-refractivity contribution in [2.24, 2.45) is 0 Å². The lowest BCUT2D eigenvalue weighted by molar-refractivity contribution is -0.126. The summed E-state index contributed by atoms with van der Waals surface area (Å²) in [6.07, 6.45) is 0. The van der Waals surface area contributed by atoms with Gasteiger partial charge in [0, 0.05) is 18.1 Å². The van der Waals surface area contributed by atoms with E-state index in [9.17, 15) is 14.4 Å². The zero-order valence-corrected chi connectivity index (χ0v) is 11.4. The number of amides is 2. The molecule has 1 aromatic heterocycles. The number of aromatic nitrogens is 1. The van der Waals surface area contributed by atoms with Gasteiger partial charge in [0.25, 0.3) is 0 Å². The van der Waals surface area contributed by atoms with Gasteiger partial charge in [-0.1, -0.05) is 11.6 Å². The second-order valence-corrected chi connectivity index (χ2v) is 4.45. The zero-order valence-electron chi connectivity index (χ0n) is 10.6. The molecule has 2 N–H and O–H groups in total. The molecule has 0 unspecified atom stereocenters. The number of benzene rings is 1. The van der Waals surface area contributed by atoms with Crippen LogP contribution in [0.2, 0.25) is 5.02 Å². The van der Waals surface area contributed by atoms with E-state index in [0.29, 0.717) is 16.1 Å². The highest BCUT2D eigenvalue weighted by Gasteiger charge is 2.13. The summed E-state index contributed by atoms with van der Waals surface area (Å²) in [5, 5.41) is 5.20. The quantitative estimate of drug-likeness (QED) is 0.837. The van der Waals surface area contributed by atoms with Crippen molar-refractivity contribution in [3.05, 3.63) is 33.8 Å². The van der Waals surface area contributed by atoms with Crippen molar-refractivity contribution in [2.45, 2.75) is 6.54 Å². The summed E-state index contributed by atoms with van der Waals surface area (Å²) in [4.78, 5) is 34.4. The van der Waals surface area contributed by atoms with E-state index in [2.05, 4.69) is 10.6 Å². The Balaban J connectivity index is 2.17. The third-order valence-electron chi connectivity index (χ3n) is 2.66. The van der Waals surface area contributed by atoms with E-state index < -0.39 is 11.7 Å². The van der Waals surface area contributed by atoms with Gasteiger partial charge in [0.05, 0.1) is 12.1 Å². The molecule has 1 heterocycles. The number of carbonyl (C=O) groups is 2. The van der Waals surface area contributed by atoms with Gasteiger partial charge in [-0.15, -0.1) is 0 Å². The van der Waals surface area contributed by atoms with E-state index in [1.165, 1.54) is 17.7 Å². The monoisotopic (exact) mass is 297 g/mol. The highest BCUT2D eigenvalue weighted by Crippen LogP contribution is 2.18. The molecule has 8 heteroatoms. The minimum atomic E-state index is -0.655. The van der Waals surface area contributed by atoms with E-state index in [4.69, 9.17) is 16.0 Å². The van der Waals surface area contributed by atoms with Crippen molar-refractivity contribution in [1.82, 2.24) is 15.2 Å². The molecule has 0 spiro atoms. The number of hydrogen-bond acceptors (Lipinski definition) is 4. The number of oxazole rings is 1. The predicted molar refractivity (Wildman–Crippen MR) is 72.6 cm³/mol. The zero-order chi connectivity index (χ0) is 14.7. The summed E-state index contributed by atoms with van der Waals surface area (Å²) in [6.45, 7) is -0.379. The highest BCUT2D eigenvalue weighted by molar-refractivity contribution is 6.31. The second kappa shape index (κ2) is 5.79. The summed E-state index contributed by atoms with van der Waals surface area (Å²) < 4.78 is 6.16. The molecule has 0 bridgehead atoms. The van der Waals surface area contributed by atoms with Crippen LogP contribution in [0.4, 0.5) is 0 Å².